The van der Waals surface area contributed by atoms with Crippen molar-refractivity contribution in [1.82, 2.24) is 34.4 Å². The van der Waals surface area contributed by atoms with E-state index in [2.05, 4.69) is 20.5 Å². The molecule has 0 fully saturated rings. The summed E-state index contributed by atoms with van der Waals surface area (Å²) in [5.74, 6) is 1.08. The Hall–Kier alpha value is -3.23. The second kappa shape index (κ2) is 6.90. The average Bonchev–Trinajstić information content (AvgIpc) is 3.22. The topological polar surface area (TPSA) is 99.6 Å². The Morgan fingerprint density at radius 2 is 2.12 bits per heavy atom. The van der Waals surface area contributed by atoms with E-state index in [0.29, 0.717) is 18.9 Å². The van der Waals surface area contributed by atoms with Crippen molar-refractivity contribution in [1.29, 1.82) is 0 Å². The van der Waals surface area contributed by atoms with Crippen LogP contribution >= 0.6 is 0 Å². The van der Waals surface area contributed by atoms with Crippen molar-refractivity contribution in [2.45, 2.75) is 20.0 Å². The normalized spacial score (nSPS) is 10.7. The van der Waals surface area contributed by atoms with Crippen LogP contribution < -0.4 is 10.9 Å². The number of amides is 1. The van der Waals surface area contributed by atoms with Crippen molar-refractivity contribution < 1.29 is 4.79 Å². The molecule has 3 aromatic rings. The Morgan fingerprint density at radius 1 is 1.25 bits per heavy atom. The molecule has 0 aliphatic rings. The summed E-state index contributed by atoms with van der Waals surface area (Å²) in [7, 11) is 0. The largest absolute Gasteiger partial charge is 0.353 e. The zero-order valence-corrected chi connectivity index (χ0v) is 13.2. The Labute approximate surface area is 137 Å². The number of imidazole rings is 1. The first-order valence-corrected chi connectivity index (χ1v) is 7.46. The molecule has 0 aliphatic heterocycles. The first-order chi connectivity index (χ1) is 11.6. The summed E-state index contributed by atoms with van der Waals surface area (Å²) in [4.78, 5) is 28.0. The molecule has 0 saturated carbocycles. The van der Waals surface area contributed by atoms with Crippen LogP contribution in [0.5, 0.6) is 0 Å². The number of nitrogens with zero attached hydrogens (tertiary/aromatic N) is 6. The number of aromatic nitrogens is 6. The molecule has 9 heteroatoms. The van der Waals surface area contributed by atoms with Gasteiger partial charge < -0.3 is 9.88 Å². The monoisotopic (exact) mass is 327 g/mol. The third-order valence-corrected chi connectivity index (χ3v) is 3.48. The molecule has 3 aromatic heterocycles. The molecule has 3 rings (SSSR count). The van der Waals surface area contributed by atoms with E-state index >= 15 is 0 Å². The number of carbonyl (C=O) groups is 1. The first-order valence-electron chi connectivity index (χ1n) is 7.46. The molecule has 1 amide bonds. The van der Waals surface area contributed by atoms with Crippen LogP contribution in [-0.4, -0.2) is 41.6 Å². The summed E-state index contributed by atoms with van der Waals surface area (Å²) in [5, 5.41) is 11.0. The second-order valence-electron chi connectivity index (χ2n) is 5.16. The molecule has 0 atom stereocenters. The fourth-order valence-electron chi connectivity index (χ4n) is 2.23. The maximum atomic E-state index is 12.0. The SMILES string of the molecule is Cc1nccn1CCNC(=O)Cn1nc(-n2cccn2)ccc1=O. The molecule has 0 saturated heterocycles. The van der Waals surface area contributed by atoms with E-state index in [4.69, 9.17) is 0 Å². The standard InChI is InChI=1S/C15H17N7O2/c1-12-16-6-9-20(12)10-7-17-14(23)11-22-15(24)4-3-13(19-22)21-8-2-5-18-21/h2-6,8-9H,7,10-11H2,1H3,(H,17,23). The third-order valence-electron chi connectivity index (χ3n) is 3.48. The van der Waals surface area contributed by atoms with Crippen molar-refractivity contribution in [3.05, 3.63) is 59.2 Å². The molecular formula is C15H17N7O2. The van der Waals surface area contributed by atoms with Crippen LogP contribution in [0.4, 0.5) is 0 Å². The van der Waals surface area contributed by atoms with Crippen molar-refractivity contribution >= 4 is 5.91 Å². The highest BCUT2D eigenvalue weighted by molar-refractivity contribution is 5.75. The lowest BCUT2D eigenvalue weighted by Gasteiger charge is -2.09. The molecule has 0 unspecified atom stereocenters. The van der Waals surface area contributed by atoms with Gasteiger partial charge in [-0.3, -0.25) is 9.59 Å². The molecule has 24 heavy (non-hydrogen) atoms. The molecule has 0 spiro atoms. The number of carbonyl (C=O) groups excluding carboxylic acids is 1. The number of aryl methyl sites for hydroxylation is 1. The van der Waals surface area contributed by atoms with Crippen molar-refractivity contribution in [3.8, 4) is 5.82 Å². The van der Waals surface area contributed by atoms with Gasteiger partial charge in [0, 0.05) is 43.9 Å². The van der Waals surface area contributed by atoms with E-state index in [1.807, 2.05) is 17.7 Å². The van der Waals surface area contributed by atoms with Gasteiger partial charge in [-0.25, -0.2) is 14.3 Å². The van der Waals surface area contributed by atoms with E-state index in [1.54, 1.807) is 30.7 Å². The molecule has 3 heterocycles. The van der Waals surface area contributed by atoms with Gasteiger partial charge in [-0.1, -0.05) is 0 Å². The van der Waals surface area contributed by atoms with Gasteiger partial charge >= 0.3 is 0 Å². The summed E-state index contributed by atoms with van der Waals surface area (Å²) in [6.45, 7) is 2.82. The number of nitrogens with one attached hydrogen (secondary N) is 1. The molecular weight excluding hydrogens is 310 g/mol. The van der Waals surface area contributed by atoms with Crippen LogP contribution in [0, 0.1) is 6.92 Å². The summed E-state index contributed by atoms with van der Waals surface area (Å²) < 4.78 is 4.58. The van der Waals surface area contributed by atoms with Gasteiger partial charge in [0.15, 0.2) is 5.82 Å². The fraction of sp³-hybridized carbons (Fsp3) is 0.267. The number of hydrogen-bond acceptors (Lipinski definition) is 5. The van der Waals surface area contributed by atoms with E-state index in [-0.39, 0.29) is 18.0 Å². The maximum absolute atomic E-state index is 12.0. The average molecular weight is 327 g/mol. The highest BCUT2D eigenvalue weighted by Crippen LogP contribution is 1.98. The lowest BCUT2D eigenvalue weighted by Crippen LogP contribution is -2.35. The van der Waals surface area contributed by atoms with Crippen molar-refractivity contribution in [2.24, 2.45) is 0 Å². The fourth-order valence-corrected chi connectivity index (χ4v) is 2.23. The van der Waals surface area contributed by atoms with Crippen LogP contribution in [0.3, 0.4) is 0 Å². The lowest BCUT2D eigenvalue weighted by atomic mass is 10.5. The van der Waals surface area contributed by atoms with Crippen molar-refractivity contribution in [3.63, 3.8) is 0 Å². The Balaban J connectivity index is 1.61. The van der Waals surface area contributed by atoms with Gasteiger partial charge in [0.2, 0.25) is 5.91 Å². The molecule has 0 radical (unpaired) electrons. The molecule has 0 aromatic carbocycles. The quantitative estimate of drug-likeness (QED) is 0.673. The van der Waals surface area contributed by atoms with Gasteiger partial charge in [-0.2, -0.15) is 5.10 Å². The first kappa shape index (κ1) is 15.7. The molecule has 0 aliphatic carbocycles. The maximum Gasteiger partial charge on any atom is 0.267 e. The smallest absolute Gasteiger partial charge is 0.267 e. The van der Waals surface area contributed by atoms with E-state index in [9.17, 15) is 9.59 Å². The minimum absolute atomic E-state index is 0.142. The van der Waals surface area contributed by atoms with Crippen LogP contribution in [0.15, 0.2) is 47.8 Å². The summed E-state index contributed by atoms with van der Waals surface area (Å²) >= 11 is 0. The number of rotatable bonds is 6. The summed E-state index contributed by atoms with van der Waals surface area (Å²) in [6, 6.07) is 4.68. The van der Waals surface area contributed by atoms with Crippen LogP contribution in [0.1, 0.15) is 5.82 Å². The summed E-state index contributed by atoms with van der Waals surface area (Å²) in [6.07, 6.45) is 6.88. The van der Waals surface area contributed by atoms with E-state index in [1.165, 1.54) is 10.7 Å². The minimum atomic E-state index is -0.341. The predicted molar refractivity (Wildman–Crippen MR) is 85.6 cm³/mol. The molecule has 1 N–H and O–H groups in total. The van der Waals surface area contributed by atoms with Gasteiger partial charge in [0.25, 0.3) is 5.56 Å². The third kappa shape index (κ3) is 3.57. The zero-order valence-electron chi connectivity index (χ0n) is 13.2. The summed E-state index contributed by atoms with van der Waals surface area (Å²) in [5.41, 5.74) is -0.341. The Bertz CT molecular complexity index is 879. The van der Waals surface area contributed by atoms with Crippen LogP contribution in [-0.2, 0) is 17.9 Å². The Morgan fingerprint density at radius 3 is 2.83 bits per heavy atom. The molecule has 0 bridgehead atoms. The second-order valence-corrected chi connectivity index (χ2v) is 5.16. The van der Waals surface area contributed by atoms with Crippen molar-refractivity contribution in [2.75, 3.05) is 6.54 Å². The van der Waals surface area contributed by atoms with Crippen LogP contribution in [0.25, 0.3) is 5.82 Å². The molecule has 9 nitrogen and oxygen atoms in total. The zero-order chi connectivity index (χ0) is 16.9. The minimum Gasteiger partial charge on any atom is -0.353 e. The van der Waals surface area contributed by atoms with Gasteiger partial charge in [-0.05, 0) is 19.1 Å². The Kier molecular flexibility index (Phi) is 4.50. The van der Waals surface area contributed by atoms with Gasteiger partial charge in [0.1, 0.15) is 12.4 Å². The van der Waals surface area contributed by atoms with Gasteiger partial charge in [0.05, 0.1) is 0 Å². The number of hydrogen-bond donors (Lipinski definition) is 1. The predicted octanol–water partition coefficient (Wildman–Crippen LogP) is -0.250. The highest BCUT2D eigenvalue weighted by Gasteiger charge is 2.08. The highest BCUT2D eigenvalue weighted by atomic mass is 16.2. The molecule has 124 valence electrons. The van der Waals surface area contributed by atoms with E-state index < -0.39 is 0 Å². The lowest BCUT2D eigenvalue weighted by molar-refractivity contribution is -0.121. The van der Waals surface area contributed by atoms with Crippen LogP contribution in [0.2, 0.25) is 0 Å². The van der Waals surface area contributed by atoms with E-state index in [0.717, 1.165) is 10.5 Å². The van der Waals surface area contributed by atoms with Gasteiger partial charge in [-0.15, -0.1) is 5.10 Å².